The summed E-state index contributed by atoms with van der Waals surface area (Å²) in [5.41, 5.74) is 4.63. The fourth-order valence-corrected chi connectivity index (χ4v) is 3.48. The molecule has 1 fully saturated rings. The maximum Gasteiger partial charge on any atom is -0.0130 e. The molecular formula is C18H22. The van der Waals surface area contributed by atoms with Crippen molar-refractivity contribution in [1.29, 1.82) is 0 Å². The first-order valence-electron chi connectivity index (χ1n) is 7.28. The Labute approximate surface area is 110 Å². The lowest BCUT2D eigenvalue weighted by Crippen LogP contribution is -2.16. The molecule has 0 aromatic carbocycles. The predicted molar refractivity (Wildman–Crippen MR) is 78.3 cm³/mol. The van der Waals surface area contributed by atoms with Crippen molar-refractivity contribution >= 4 is 0 Å². The van der Waals surface area contributed by atoms with Gasteiger partial charge in [0.25, 0.3) is 0 Å². The molecule has 0 N–H and O–H groups in total. The highest BCUT2D eigenvalue weighted by atomic mass is 14.3. The van der Waals surface area contributed by atoms with Crippen molar-refractivity contribution in [3.8, 4) is 0 Å². The van der Waals surface area contributed by atoms with E-state index in [1.54, 1.807) is 11.1 Å². The molecule has 0 heterocycles. The smallest absolute Gasteiger partial charge is 0.0130 e. The van der Waals surface area contributed by atoms with Gasteiger partial charge in [-0.1, -0.05) is 48.1 Å². The van der Waals surface area contributed by atoms with Crippen molar-refractivity contribution < 1.29 is 0 Å². The predicted octanol–water partition coefficient (Wildman–Crippen LogP) is 5.12. The Balaban J connectivity index is 1.59. The first kappa shape index (κ1) is 11.8. The van der Waals surface area contributed by atoms with Gasteiger partial charge in [0.1, 0.15) is 0 Å². The highest BCUT2D eigenvalue weighted by Crippen LogP contribution is 2.40. The van der Waals surface area contributed by atoms with E-state index in [0.717, 1.165) is 11.8 Å². The van der Waals surface area contributed by atoms with Gasteiger partial charge in [0.15, 0.2) is 0 Å². The molecule has 1 saturated carbocycles. The maximum absolute atomic E-state index is 2.38. The normalized spacial score (nSPS) is 33.1. The summed E-state index contributed by atoms with van der Waals surface area (Å²) in [7, 11) is 0. The lowest BCUT2D eigenvalue weighted by Gasteiger charge is -2.29. The van der Waals surface area contributed by atoms with Gasteiger partial charge in [0.05, 0.1) is 0 Å². The van der Waals surface area contributed by atoms with Crippen LogP contribution >= 0.6 is 0 Å². The molecule has 0 nitrogen and oxygen atoms in total. The molecule has 18 heavy (non-hydrogen) atoms. The average molecular weight is 238 g/mol. The highest BCUT2D eigenvalue weighted by Gasteiger charge is 2.25. The quantitative estimate of drug-likeness (QED) is 0.626. The number of hydrogen-bond acceptors (Lipinski definition) is 0. The van der Waals surface area contributed by atoms with E-state index in [2.05, 4.69) is 49.5 Å². The van der Waals surface area contributed by atoms with Crippen LogP contribution in [0.5, 0.6) is 0 Å². The van der Waals surface area contributed by atoms with Gasteiger partial charge in [-0.2, -0.15) is 0 Å². The van der Waals surface area contributed by atoms with Crippen molar-refractivity contribution in [1.82, 2.24) is 0 Å². The molecule has 0 atom stereocenters. The van der Waals surface area contributed by atoms with E-state index in [1.165, 1.54) is 37.7 Å². The van der Waals surface area contributed by atoms with Crippen LogP contribution in [0.1, 0.15) is 39.0 Å². The highest BCUT2D eigenvalue weighted by molar-refractivity contribution is 5.46. The van der Waals surface area contributed by atoms with Crippen molar-refractivity contribution in [3.05, 3.63) is 59.3 Å². The van der Waals surface area contributed by atoms with E-state index in [9.17, 15) is 0 Å². The van der Waals surface area contributed by atoms with Gasteiger partial charge in [-0.05, 0) is 62.0 Å². The Hall–Kier alpha value is -1.30. The van der Waals surface area contributed by atoms with E-state index in [-0.39, 0.29) is 0 Å². The molecule has 3 aliphatic carbocycles. The molecule has 0 radical (unpaired) electrons. The van der Waals surface area contributed by atoms with Crippen LogP contribution in [0.4, 0.5) is 0 Å². The molecule has 3 aliphatic rings. The largest absolute Gasteiger partial charge is 0.0805 e. The van der Waals surface area contributed by atoms with E-state index in [0.29, 0.717) is 0 Å². The summed E-state index contributed by atoms with van der Waals surface area (Å²) in [5.74, 6) is 1.67. The van der Waals surface area contributed by atoms with Crippen molar-refractivity contribution in [2.24, 2.45) is 11.8 Å². The molecule has 0 aromatic heterocycles. The van der Waals surface area contributed by atoms with Crippen LogP contribution in [0.25, 0.3) is 0 Å². The van der Waals surface area contributed by atoms with Gasteiger partial charge in [-0.3, -0.25) is 0 Å². The molecule has 0 saturated heterocycles. The van der Waals surface area contributed by atoms with Gasteiger partial charge < -0.3 is 0 Å². The van der Waals surface area contributed by atoms with Crippen LogP contribution in [0.15, 0.2) is 59.3 Å². The Kier molecular flexibility index (Phi) is 3.36. The summed E-state index contributed by atoms with van der Waals surface area (Å²) in [6.07, 6.45) is 22.7. The summed E-state index contributed by atoms with van der Waals surface area (Å²) in [4.78, 5) is 0. The van der Waals surface area contributed by atoms with Gasteiger partial charge >= 0.3 is 0 Å². The Morgan fingerprint density at radius 2 is 1.83 bits per heavy atom. The molecule has 94 valence electrons. The standard InChI is InChI=1S/C18H22/c1-2-14-7-8-18(13-14)17-11-9-16(10-12-17)15-5-3-4-6-15/h2-5,7-8,13,16-17H,6,9-12H2,1H3/b14-2-. The van der Waals surface area contributed by atoms with Crippen LogP contribution in [-0.2, 0) is 0 Å². The van der Waals surface area contributed by atoms with Crippen LogP contribution < -0.4 is 0 Å². The Morgan fingerprint density at radius 1 is 1.06 bits per heavy atom. The zero-order valence-corrected chi connectivity index (χ0v) is 11.2. The summed E-state index contributed by atoms with van der Waals surface area (Å²) in [6.45, 7) is 2.12. The molecule has 0 bridgehead atoms. The number of allylic oxidation sites excluding steroid dienone is 10. The maximum atomic E-state index is 2.38. The third-order valence-electron chi connectivity index (χ3n) is 4.66. The third kappa shape index (κ3) is 2.29. The second-order valence-corrected chi connectivity index (χ2v) is 5.69. The molecule has 0 spiro atoms. The molecule has 0 heteroatoms. The van der Waals surface area contributed by atoms with Crippen LogP contribution in [-0.4, -0.2) is 0 Å². The molecular weight excluding hydrogens is 216 g/mol. The van der Waals surface area contributed by atoms with Crippen LogP contribution in [0.3, 0.4) is 0 Å². The van der Waals surface area contributed by atoms with Gasteiger partial charge in [0, 0.05) is 0 Å². The third-order valence-corrected chi connectivity index (χ3v) is 4.66. The zero-order valence-electron chi connectivity index (χ0n) is 11.2. The summed E-state index contributed by atoms with van der Waals surface area (Å²) >= 11 is 0. The molecule has 0 unspecified atom stereocenters. The summed E-state index contributed by atoms with van der Waals surface area (Å²) < 4.78 is 0. The second-order valence-electron chi connectivity index (χ2n) is 5.69. The fourth-order valence-electron chi connectivity index (χ4n) is 3.48. The van der Waals surface area contributed by atoms with Crippen molar-refractivity contribution in [2.75, 3.05) is 0 Å². The van der Waals surface area contributed by atoms with E-state index >= 15 is 0 Å². The fraction of sp³-hybridized carbons (Fsp3) is 0.444. The first-order chi connectivity index (χ1) is 8.86. The minimum atomic E-state index is 0.810. The lowest BCUT2D eigenvalue weighted by atomic mass is 9.75. The van der Waals surface area contributed by atoms with Gasteiger partial charge in [0.2, 0.25) is 0 Å². The Bertz CT molecular complexity index is 460. The minimum Gasteiger partial charge on any atom is -0.0805 e. The lowest BCUT2D eigenvalue weighted by molar-refractivity contribution is 0.335. The summed E-state index contributed by atoms with van der Waals surface area (Å²) in [6, 6.07) is 0. The SMILES string of the molecule is C/C=C1/C=CC(C2CCC(C3=CC=CC3)CC2)=C1. The molecule has 0 aromatic rings. The van der Waals surface area contributed by atoms with Crippen LogP contribution in [0.2, 0.25) is 0 Å². The monoisotopic (exact) mass is 238 g/mol. The van der Waals surface area contributed by atoms with Crippen molar-refractivity contribution in [2.45, 2.75) is 39.0 Å². The van der Waals surface area contributed by atoms with E-state index in [4.69, 9.17) is 0 Å². The molecule has 3 rings (SSSR count). The van der Waals surface area contributed by atoms with Gasteiger partial charge in [-0.15, -0.1) is 0 Å². The van der Waals surface area contributed by atoms with E-state index in [1.807, 2.05) is 0 Å². The minimum absolute atomic E-state index is 0.810. The topological polar surface area (TPSA) is 0 Å². The van der Waals surface area contributed by atoms with Crippen molar-refractivity contribution in [3.63, 3.8) is 0 Å². The second kappa shape index (κ2) is 5.14. The number of hydrogen-bond donors (Lipinski definition) is 0. The zero-order chi connectivity index (χ0) is 12.4. The summed E-state index contributed by atoms with van der Waals surface area (Å²) in [5, 5.41) is 0. The van der Waals surface area contributed by atoms with E-state index < -0.39 is 0 Å². The van der Waals surface area contributed by atoms with Crippen LogP contribution in [0, 0.1) is 11.8 Å². The van der Waals surface area contributed by atoms with Gasteiger partial charge in [-0.25, -0.2) is 0 Å². The number of rotatable bonds is 2. The average Bonchev–Trinajstić information content (AvgIpc) is 3.10. The molecule has 0 aliphatic heterocycles. The molecule has 0 amide bonds. The Morgan fingerprint density at radius 3 is 2.44 bits per heavy atom. The first-order valence-corrected chi connectivity index (χ1v) is 7.28.